The van der Waals surface area contributed by atoms with Crippen LogP contribution in [0.2, 0.25) is 0 Å². The highest BCUT2D eigenvalue weighted by Crippen LogP contribution is 2.13. The summed E-state index contributed by atoms with van der Waals surface area (Å²) in [5.41, 5.74) is 17.3. The van der Waals surface area contributed by atoms with Gasteiger partial charge in [-0.05, 0) is 29.7 Å². The molecule has 5 amide bonds. The topological polar surface area (TPSA) is 257 Å². The van der Waals surface area contributed by atoms with E-state index in [-0.39, 0.29) is 31.4 Å². The second-order valence-electron chi connectivity index (χ2n) is 9.36. The number of primary amides is 2. The highest BCUT2D eigenvalue weighted by molar-refractivity contribution is 5.95. The molecule has 41 heavy (non-hydrogen) atoms. The molecule has 14 heteroatoms. The van der Waals surface area contributed by atoms with E-state index >= 15 is 0 Å². The van der Waals surface area contributed by atoms with Crippen LogP contribution >= 0.6 is 0 Å². The van der Waals surface area contributed by atoms with Gasteiger partial charge in [-0.1, -0.05) is 42.5 Å². The van der Waals surface area contributed by atoms with Crippen molar-refractivity contribution in [3.63, 3.8) is 0 Å². The molecule has 4 atom stereocenters. The van der Waals surface area contributed by atoms with E-state index in [0.29, 0.717) is 11.1 Å². The van der Waals surface area contributed by atoms with Crippen LogP contribution in [0.3, 0.4) is 0 Å². The minimum Gasteiger partial charge on any atom is -0.508 e. The number of phenolic OH excluding ortho intramolecular Hbond substituents is 1. The van der Waals surface area contributed by atoms with Gasteiger partial charge in [0.2, 0.25) is 29.5 Å². The number of nitrogens with two attached hydrogens (primary N) is 3. The second-order valence-corrected chi connectivity index (χ2v) is 9.36. The van der Waals surface area contributed by atoms with Gasteiger partial charge in [0.25, 0.3) is 0 Å². The lowest BCUT2D eigenvalue weighted by atomic mass is 10.0. The standard InChI is InChI=1S/C27H34N6O8/c28-18(10-11-22(29)35)24(37)31-19(13-16-6-8-17(34)9-7-16)25(38)32-20(12-15-4-2-1-3-5-15)26(39)33-21(27(40)41)14-23(30)36/h1-9,18-21,34H,10-14,28H2,(H2,29,35)(H2,30,36)(H,31,37)(H,32,38)(H,33,39)(H,40,41). The zero-order chi connectivity index (χ0) is 30.5. The molecule has 14 nitrogen and oxygen atoms in total. The summed E-state index contributed by atoms with van der Waals surface area (Å²) >= 11 is 0. The van der Waals surface area contributed by atoms with Crippen molar-refractivity contribution >= 4 is 35.5 Å². The lowest BCUT2D eigenvalue weighted by molar-refractivity contribution is -0.143. The Hall–Kier alpha value is -4.98. The maximum atomic E-state index is 13.5. The van der Waals surface area contributed by atoms with E-state index in [1.807, 2.05) is 0 Å². The number of benzene rings is 2. The number of phenols is 1. The lowest BCUT2D eigenvalue weighted by Gasteiger charge is -2.25. The predicted octanol–water partition coefficient (Wildman–Crippen LogP) is -1.82. The van der Waals surface area contributed by atoms with E-state index in [0.717, 1.165) is 0 Å². The molecule has 220 valence electrons. The van der Waals surface area contributed by atoms with E-state index in [9.17, 15) is 39.0 Å². The lowest BCUT2D eigenvalue weighted by Crippen LogP contribution is -2.58. The van der Waals surface area contributed by atoms with Crippen LogP contribution in [0.15, 0.2) is 54.6 Å². The normalized spacial score (nSPS) is 13.6. The third-order valence-corrected chi connectivity index (χ3v) is 5.98. The van der Waals surface area contributed by atoms with Crippen LogP contribution in [0, 0.1) is 0 Å². The van der Waals surface area contributed by atoms with E-state index in [2.05, 4.69) is 16.0 Å². The number of carbonyl (C=O) groups excluding carboxylic acids is 5. The summed E-state index contributed by atoms with van der Waals surface area (Å²) < 4.78 is 0. The van der Waals surface area contributed by atoms with Gasteiger partial charge in [0.1, 0.15) is 23.9 Å². The van der Waals surface area contributed by atoms with Gasteiger partial charge < -0.3 is 43.4 Å². The van der Waals surface area contributed by atoms with Gasteiger partial charge in [-0.25, -0.2) is 4.79 Å². The second kappa shape index (κ2) is 15.6. The monoisotopic (exact) mass is 570 g/mol. The van der Waals surface area contributed by atoms with Crippen molar-refractivity contribution in [1.82, 2.24) is 16.0 Å². The molecule has 0 radical (unpaired) electrons. The SMILES string of the molecule is NC(=O)CCC(N)C(=O)NC(Cc1ccc(O)cc1)C(=O)NC(Cc1ccccc1)C(=O)NC(CC(N)=O)C(=O)O. The number of aromatic hydroxyl groups is 1. The molecule has 0 heterocycles. The zero-order valence-electron chi connectivity index (χ0n) is 22.1. The number of aliphatic carboxylic acids is 1. The van der Waals surface area contributed by atoms with Gasteiger partial charge in [-0.15, -0.1) is 0 Å². The highest BCUT2D eigenvalue weighted by atomic mass is 16.4. The Balaban J connectivity index is 2.32. The quantitative estimate of drug-likeness (QED) is 0.113. The highest BCUT2D eigenvalue weighted by Gasteiger charge is 2.31. The Morgan fingerprint density at radius 2 is 1.17 bits per heavy atom. The Morgan fingerprint density at radius 3 is 1.66 bits per heavy atom. The van der Waals surface area contributed by atoms with Crippen LogP contribution in [-0.4, -0.2) is 69.9 Å². The van der Waals surface area contributed by atoms with Gasteiger partial charge in [0.05, 0.1) is 12.5 Å². The molecule has 2 aromatic carbocycles. The van der Waals surface area contributed by atoms with Crippen LogP contribution in [-0.2, 0) is 41.6 Å². The van der Waals surface area contributed by atoms with Crippen molar-refractivity contribution in [2.24, 2.45) is 17.2 Å². The number of nitrogens with one attached hydrogen (secondary N) is 3. The molecule has 2 rings (SSSR count). The molecule has 0 aliphatic heterocycles. The number of carbonyl (C=O) groups is 6. The fourth-order valence-corrected chi connectivity index (χ4v) is 3.79. The van der Waals surface area contributed by atoms with Crippen molar-refractivity contribution in [2.75, 3.05) is 0 Å². The number of rotatable bonds is 16. The first-order valence-corrected chi connectivity index (χ1v) is 12.6. The maximum absolute atomic E-state index is 13.5. The van der Waals surface area contributed by atoms with Gasteiger partial charge in [-0.2, -0.15) is 0 Å². The smallest absolute Gasteiger partial charge is 0.326 e. The molecule has 0 bridgehead atoms. The Bertz CT molecular complexity index is 1240. The van der Waals surface area contributed by atoms with Gasteiger partial charge in [0.15, 0.2) is 0 Å². The average molecular weight is 571 g/mol. The van der Waals surface area contributed by atoms with Crippen LogP contribution in [0.5, 0.6) is 5.75 Å². The van der Waals surface area contributed by atoms with E-state index in [1.165, 1.54) is 24.3 Å². The van der Waals surface area contributed by atoms with Gasteiger partial charge in [0, 0.05) is 19.3 Å². The van der Waals surface area contributed by atoms with Crippen LogP contribution in [0.4, 0.5) is 0 Å². The van der Waals surface area contributed by atoms with E-state index in [4.69, 9.17) is 17.2 Å². The van der Waals surface area contributed by atoms with Crippen LogP contribution < -0.4 is 33.2 Å². The Kier molecular flexibility index (Phi) is 12.2. The van der Waals surface area contributed by atoms with E-state index < -0.39 is 66.1 Å². The van der Waals surface area contributed by atoms with Gasteiger partial charge >= 0.3 is 5.97 Å². The molecular formula is C27H34N6O8. The molecule has 0 saturated heterocycles. The van der Waals surface area contributed by atoms with Crippen molar-refractivity contribution in [2.45, 2.75) is 56.3 Å². The predicted molar refractivity (Wildman–Crippen MR) is 146 cm³/mol. The molecule has 4 unspecified atom stereocenters. The minimum atomic E-state index is -1.63. The molecule has 0 spiro atoms. The summed E-state index contributed by atoms with van der Waals surface area (Å²) in [5, 5.41) is 26.3. The summed E-state index contributed by atoms with van der Waals surface area (Å²) in [5.74, 6) is -5.57. The summed E-state index contributed by atoms with van der Waals surface area (Å²) in [6.07, 6.45) is -1.02. The summed E-state index contributed by atoms with van der Waals surface area (Å²) in [4.78, 5) is 73.4. The number of hydrogen-bond donors (Lipinski definition) is 8. The molecule has 11 N–H and O–H groups in total. The van der Waals surface area contributed by atoms with Crippen molar-refractivity contribution < 1.29 is 39.0 Å². The Labute approximate surface area is 235 Å². The molecule has 2 aromatic rings. The molecule has 0 aromatic heterocycles. The van der Waals surface area contributed by atoms with Crippen LogP contribution in [0.25, 0.3) is 0 Å². The van der Waals surface area contributed by atoms with Crippen molar-refractivity contribution in [3.05, 3.63) is 65.7 Å². The first-order chi connectivity index (χ1) is 19.3. The maximum Gasteiger partial charge on any atom is 0.326 e. The first-order valence-electron chi connectivity index (χ1n) is 12.6. The summed E-state index contributed by atoms with van der Waals surface area (Å²) in [7, 11) is 0. The molecule has 0 fully saturated rings. The van der Waals surface area contributed by atoms with Crippen LogP contribution in [0.1, 0.15) is 30.4 Å². The summed E-state index contributed by atoms with van der Waals surface area (Å²) in [6, 6.07) is 9.02. The average Bonchev–Trinajstić information content (AvgIpc) is 2.91. The first kappa shape index (κ1) is 32.2. The summed E-state index contributed by atoms with van der Waals surface area (Å²) in [6.45, 7) is 0. The number of amides is 5. The third-order valence-electron chi connectivity index (χ3n) is 5.98. The third kappa shape index (κ3) is 11.3. The van der Waals surface area contributed by atoms with Crippen molar-refractivity contribution in [1.29, 1.82) is 0 Å². The molecule has 0 aliphatic carbocycles. The zero-order valence-corrected chi connectivity index (χ0v) is 22.1. The van der Waals surface area contributed by atoms with Gasteiger partial charge in [-0.3, -0.25) is 24.0 Å². The number of hydrogen-bond acceptors (Lipinski definition) is 8. The molecule has 0 saturated carbocycles. The number of carboxylic acid groups (broad SMARTS) is 1. The number of carboxylic acids is 1. The fraction of sp³-hybridized carbons (Fsp3) is 0.333. The Morgan fingerprint density at radius 1 is 0.683 bits per heavy atom. The minimum absolute atomic E-state index is 0.0178. The molecular weight excluding hydrogens is 536 g/mol. The largest absolute Gasteiger partial charge is 0.508 e. The fourth-order valence-electron chi connectivity index (χ4n) is 3.79. The molecule has 0 aliphatic rings. The van der Waals surface area contributed by atoms with E-state index in [1.54, 1.807) is 30.3 Å². The van der Waals surface area contributed by atoms with Crippen molar-refractivity contribution in [3.8, 4) is 5.75 Å².